The summed E-state index contributed by atoms with van der Waals surface area (Å²) in [6.45, 7) is 2.74. The molecule has 0 radical (unpaired) electrons. The maximum absolute atomic E-state index is 14.4. The van der Waals surface area contributed by atoms with Gasteiger partial charge in [0.15, 0.2) is 0 Å². The normalized spacial score (nSPS) is 27.7. The lowest BCUT2D eigenvalue weighted by Crippen LogP contribution is -2.52. The first-order chi connectivity index (χ1) is 19.4. The van der Waals surface area contributed by atoms with Crippen LogP contribution in [0.3, 0.4) is 0 Å². The Morgan fingerprint density at radius 1 is 1.07 bits per heavy atom. The van der Waals surface area contributed by atoms with E-state index >= 15 is 0 Å². The number of rotatable bonds is 7. The Balaban J connectivity index is 1.32. The first kappa shape index (κ1) is 25.3. The van der Waals surface area contributed by atoms with Gasteiger partial charge in [0.2, 0.25) is 5.78 Å². The van der Waals surface area contributed by atoms with E-state index in [4.69, 9.17) is 15.5 Å². The number of aromatic nitrogens is 2. The Morgan fingerprint density at radius 3 is 2.65 bits per heavy atom. The molecule has 4 fully saturated rings. The van der Waals surface area contributed by atoms with Crippen molar-refractivity contribution in [2.24, 2.45) is 5.73 Å². The average molecular weight is 545 g/mol. The van der Waals surface area contributed by atoms with Gasteiger partial charge in [-0.3, -0.25) is 14.5 Å². The predicted octanol–water partition coefficient (Wildman–Crippen LogP) is 2.86. The summed E-state index contributed by atoms with van der Waals surface area (Å²) in [4.78, 5) is 40.6. The Kier molecular flexibility index (Phi) is 6.20. The summed E-state index contributed by atoms with van der Waals surface area (Å²) in [5.74, 6) is -0.842. The standard InChI is InChI=1S/C30H33FN6O3/c31-19-13-30(11-4-12-37(30)14-19)17-40-29-34-25(26(38)23-8-3-6-18-5-1-2-7-22(18)23)24(27(32)39)28(35-29)36-15-20-9-10-21(16-36)33-20/h1-3,5-8,19-21,33H,4,9-17H2,(H2,32,39)/t19-,20-,21+,30+/m1/s1. The van der Waals surface area contributed by atoms with Gasteiger partial charge in [-0.25, -0.2) is 4.39 Å². The molecule has 7 rings (SSSR count). The molecule has 40 heavy (non-hydrogen) atoms. The fourth-order valence-electron chi connectivity index (χ4n) is 7.28. The number of anilines is 1. The van der Waals surface area contributed by atoms with E-state index in [-0.39, 0.29) is 36.0 Å². The van der Waals surface area contributed by atoms with Crippen LogP contribution in [0.4, 0.5) is 10.2 Å². The number of hydrogen-bond acceptors (Lipinski definition) is 8. The zero-order valence-electron chi connectivity index (χ0n) is 22.3. The van der Waals surface area contributed by atoms with E-state index in [0.29, 0.717) is 37.4 Å². The van der Waals surface area contributed by atoms with Crippen molar-refractivity contribution in [2.45, 2.75) is 55.9 Å². The van der Waals surface area contributed by atoms with Gasteiger partial charge >= 0.3 is 6.01 Å². The van der Waals surface area contributed by atoms with E-state index in [0.717, 1.165) is 43.0 Å². The molecule has 4 aliphatic rings. The number of nitrogens with zero attached hydrogens (tertiary/aromatic N) is 4. The van der Waals surface area contributed by atoms with Gasteiger partial charge in [-0.05, 0) is 43.0 Å². The van der Waals surface area contributed by atoms with Gasteiger partial charge in [0.25, 0.3) is 5.91 Å². The first-order valence-electron chi connectivity index (χ1n) is 14.2. The van der Waals surface area contributed by atoms with Crippen molar-refractivity contribution in [3.05, 3.63) is 59.3 Å². The molecule has 0 aliphatic carbocycles. The molecule has 4 saturated heterocycles. The summed E-state index contributed by atoms with van der Waals surface area (Å²) < 4.78 is 20.6. The molecule has 1 aromatic heterocycles. The number of piperazine rings is 1. The highest BCUT2D eigenvalue weighted by molar-refractivity contribution is 6.20. The minimum atomic E-state index is -0.891. The summed E-state index contributed by atoms with van der Waals surface area (Å²) in [6, 6.07) is 13.6. The zero-order valence-corrected chi connectivity index (χ0v) is 22.3. The molecule has 0 spiro atoms. The van der Waals surface area contributed by atoms with Crippen LogP contribution in [0.2, 0.25) is 0 Å². The molecule has 3 N–H and O–H groups in total. The van der Waals surface area contributed by atoms with Gasteiger partial charge in [0.05, 0.1) is 5.54 Å². The van der Waals surface area contributed by atoms with Crippen molar-refractivity contribution in [3.8, 4) is 6.01 Å². The highest BCUT2D eigenvalue weighted by atomic mass is 19.1. The van der Waals surface area contributed by atoms with Crippen LogP contribution in [0.25, 0.3) is 10.8 Å². The van der Waals surface area contributed by atoms with Crippen LogP contribution in [0, 0.1) is 0 Å². The van der Waals surface area contributed by atoms with Crippen LogP contribution < -0.4 is 20.7 Å². The Morgan fingerprint density at radius 2 is 1.85 bits per heavy atom. The third-order valence-corrected chi connectivity index (χ3v) is 9.11. The lowest BCUT2D eigenvalue weighted by Gasteiger charge is -2.35. The summed E-state index contributed by atoms with van der Waals surface area (Å²) in [5, 5.41) is 5.25. The van der Waals surface area contributed by atoms with Crippen LogP contribution >= 0.6 is 0 Å². The molecule has 4 atom stereocenters. The second-order valence-electron chi connectivity index (χ2n) is 11.7. The van der Waals surface area contributed by atoms with E-state index in [1.807, 2.05) is 41.3 Å². The number of ketones is 1. The maximum Gasteiger partial charge on any atom is 0.319 e. The van der Waals surface area contributed by atoms with Crippen molar-refractivity contribution in [1.29, 1.82) is 0 Å². The second-order valence-corrected chi connectivity index (χ2v) is 11.7. The predicted molar refractivity (Wildman–Crippen MR) is 149 cm³/mol. The molecule has 0 saturated carbocycles. The molecule has 2 aromatic carbocycles. The van der Waals surface area contributed by atoms with E-state index in [1.165, 1.54) is 0 Å². The third kappa shape index (κ3) is 4.30. The number of carbonyl (C=O) groups is 2. The van der Waals surface area contributed by atoms with E-state index in [2.05, 4.69) is 15.2 Å². The minimum Gasteiger partial charge on any atom is -0.461 e. The van der Waals surface area contributed by atoms with Crippen LogP contribution in [-0.4, -0.2) is 83.1 Å². The van der Waals surface area contributed by atoms with Crippen molar-refractivity contribution in [2.75, 3.05) is 37.7 Å². The third-order valence-electron chi connectivity index (χ3n) is 9.11. The van der Waals surface area contributed by atoms with Crippen molar-refractivity contribution >= 4 is 28.3 Å². The zero-order chi connectivity index (χ0) is 27.4. The number of carbonyl (C=O) groups excluding carboxylic acids is 2. The summed E-state index contributed by atoms with van der Waals surface area (Å²) in [7, 11) is 0. The maximum atomic E-state index is 14.4. The Labute approximate surface area is 231 Å². The highest BCUT2D eigenvalue weighted by Gasteiger charge is 2.49. The van der Waals surface area contributed by atoms with Gasteiger partial charge in [-0.1, -0.05) is 42.5 Å². The molecule has 5 heterocycles. The molecule has 9 nitrogen and oxygen atoms in total. The number of primary amides is 1. The molecule has 208 valence electrons. The van der Waals surface area contributed by atoms with Crippen LogP contribution in [0.1, 0.15) is 58.5 Å². The molecule has 0 unspecified atom stereocenters. The summed E-state index contributed by atoms with van der Waals surface area (Å²) in [5.41, 5.74) is 5.91. The number of nitrogens with two attached hydrogens (primary N) is 1. The monoisotopic (exact) mass is 544 g/mol. The number of halogens is 1. The second kappa shape index (κ2) is 9.78. The van der Waals surface area contributed by atoms with Crippen molar-refractivity contribution < 1.29 is 18.7 Å². The van der Waals surface area contributed by atoms with E-state index < -0.39 is 23.4 Å². The topological polar surface area (TPSA) is 114 Å². The molecule has 2 bridgehead atoms. The number of amides is 1. The number of nitrogens with one attached hydrogen (secondary N) is 1. The molecular formula is C30H33FN6O3. The Hall–Kier alpha value is -3.63. The number of alkyl halides is 1. The molecule has 10 heteroatoms. The van der Waals surface area contributed by atoms with Gasteiger partial charge in [0, 0.05) is 43.7 Å². The number of ether oxygens (including phenoxy) is 1. The fourth-order valence-corrected chi connectivity index (χ4v) is 7.28. The van der Waals surface area contributed by atoms with Gasteiger partial charge in [-0.15, -0.1) is 0 Å². The lowest BCUT2D eigenvalue weighted by atomic mass is 9.95. The SMILES string of the molecule is NC(=O)c1c(C(=O)c2cccc3ccccc23)nc(OC[C@@]23CCCN2C[C@H](F)C3)nc1N1C[C@H]2CC[C@@H](C1)N2. The molecule has 4 aliphatic heterocycles. The summed E-state index contributed by atoms with van der Waals surface area (Å²) in [6.07, 6.45) is 3.40. The van der Waals surface area contributed by atoms with E-state index in [1.54, 1.807) is 6.07 Å². The van der Waals surface area contributed by atoms with Crippen LogP contribution in [0.15, 0.2) is 42.5 Å². The molecule has 3 aromatic rings. The van der Waals surface area contributed by atoms with Gasteiger partial charge < -0.3 is 20.7 Å². The van der Waals surface area contributed by atoms with Gasteiger partial charge in [0.1, 0.15) is 29.9 Å². The average Bonchev–Trinajstić information content (AvgIpc) is 3.60. The number of fused-ring (bicyclic) bond motifs is 4. The lowest BCUT2D eigenvalue weighted by molar-refractivity contribution is 0.0969. The number of hydrogen-bond donors (Lipinski definition) is 2. The fraction of sp³-hybridized carbons (Fsp3) is 0.467. The smallest absolute Gasteiger partial charge is 0.319 e. The van der Waals surface area contributed by atoms with Crippen molar-refractivity contribution in [1.82, 2.24) is 20.2 Å². The molecule has 1 amide bonds. The van der Waals surface area contributed by atoms with Crippen molar-refractivity contribution in [3.63, 3.8) is 0 Å². The Bertz CT molecular complexity index is 1480. The molecular weight excluding hydrogens is 511 g/mol. The van der Waals surface area contributed by atoms with E-state index in [9.17, 15) is 14.0 Å². The van der Waals surface area contributed by atoms with Crippen LogP contribution in [-0.2, 0) is 0 Å². The number of benzene rings is 2. The summed E-state index contributed by atoms with van der Waals surface area (Å²) >= 11 is 0. The highest BCUT2D eigenvalue weighted by Crippen LogP contribution is 2.40. The largest absolute Gasteiger partial charge is 0.461 e. The van der Waals surface area contributed by atoms with Gasteiger partial charge in [-0.2, -0.15) is 9.97 Å². The van der Waals surface area contributed by atoms with Crippen LogP contribution in [0.5, 0.6) is 6.01 Å². The first-order valence-corrected chi connectivity index (χ1v) is 14.2. The quantitative estimate of drug-likeness (QED) is 0.437. The minimum absolute atomic E-state index is 0.0110.